The van der Waals surface area contributed by atoms with Gasteiger partial charge in [0.05, 0.1) is 28.3 Å². The van der Waals surface area contributed by atoms with Crippen LogP contribution in [0, 0.1) is 0 Å². The molecule has 0 saturated carbocycles. The fraction of sp³-hybridized carbons (Fsp3) is 0.167. The Morgan fingerprint density at radius 1 is 1.11 bits per heavy atom. The van der Waals surface area contributed by atoms with Gasteiger partial charge in [-0.25, -0.2) is 8.42 Å². The molecule has 10 heteroatoms. The lowest BCUT2D eigenvalue weighted by Crippen LogP contribution is -2.21. The molecule has 0 bridgehead atoms. The number of aliphatic hydroxyl groups excluding tert-OH is 1. The number of fused-ring (bicyclic) bond motifs is 1. The number of alkyl halides is 3. The first-order chi connectivity index (χ1) is 13.0. The first-order valence-corrected chi connectivity index (χ1v) is 9.45. The van der Waals surface area contributed by atoms with Crippen LogP contribution < -0.4 is 10.3 Å². The summed E-state index contributed by atoms with van der Waals surface area (Å²) in [7, 11) is -2.94. The van der Waals surface area contributed by atoms with E-state index < -0.39 is 44.2 Å². The van der Waals surface area contributed by atoms with Crippen molar-refractivity contribution in [3.63, 3.8) is 0 Å². The van der Waals surface area contributed by atoms with Crippen molar-refractivity contribution < 1.29 is 26.7 Å². The second-order valence-corrected chi connectivity index (χ2v) is 7.74. The summed E-state index contributed by atoms with van der Waals surface area (Å²) in [5.41, 5.74) is -1.69. The normalized spacial score (nSPS) is 12.3. The highest BCUT2D eigenvalue weighted by Gasteiger charge is 2.34. The van der Waals surface area contributed by atoms with E-state index in [1.165, 1.54) is 19.2 Å². The number of benzene rings is 2. The largest absolute Gasteiger partial charge is 0.417 e. The number of aryl methyl sites for hydroxylation is 1. The van der Waals surface area contributed by atoms with Crippen molar-refractivity contribution in [2.45, 2.75) is 17.7 Å². The summed E-state index contributed by atoms with van der Waals surface area (Å²) in [5, 5.41) is 8.91. The number of pyridine rings is 1. The predicted octanol–water partition coefficient (Wildman–Crippen LogP) is 2.85. The van der Waals surface area contributed by atoms with Gasteiger partial charge in [0, 0.05) is 24.1 Å². The first kappa shape index (κ1) is 19.9. The second kappa shape index (κ2) is 6.95. The Labute approximate surface area is 157 Å². The molecule has 0 fully saturated rings. The zero-order valence-corrected chi connectivity index (χ0v) is 15.3. The van der Waals surface area contributed by atoms with Gasteiger partial charge in [-0.3, -0.25) is 9.52 Å². The van der Waals surface area contributed by atoms with Gasteiger partial charge in [-0.2, -0.15) is 13.2 Å². The number of hydrogen-bond donors (Lipinski definition) is 2. The molecule has 0 saturated heterocycles. The molecule has 1 heterocycles. The zero-order valence-electron chi connectivity index (χ0n) is 14.5. The summed E-state index contributed by atoms with van der Waals surface area (Å²) < 4.78 is 68.7. The SMILES string of the molecule is Cn1c(=O)cc(C(F)(F)F)c2cc(S(=O)(=O)Nc3ccccc3CO)ccc21. The monoisotopic (exact) mass is 412 g/mol. The van der Waals surface area contributed by atoms with Gasteiger partial charge in [-0.1, -0.05) is 18.2 Å². The minimum absolute atomic E-state index is 0.0467. The quantitative estimate of drug-likeness (QED) is 0.690. The molecule has 0 atom stereocenters. The van der Waals surface area contributed by atoms with E-state index in [0.717, 1.165) is 22.8 Å². The minimum atomic E-state index is -4.83. The molecule has 2 N–H and O–H groups in total. The van der Waals surface area contributed by atoms with Crippen LogP contribution in [0.15, 0.2) is 58.2 Å². The molecule has 6 nitrogen and oxygen atoms in total. The number of halogens is 3. The van der Waals surface area contributed by atoms with E-state index in [1.807, 2.05) is 0 Å². The number of para-hydroxylation sites is 1. The van der Waals surface area contributed by atoms with Crippen LogP contribution in [0.2, 0.25) is 0 Å². The van der Waals surface area contributed by atoms with E-state index in [0.29, 0.717) is 11.6 Å². The van der Waals surface area contributed by atoms with E-state index in [9.17, 15) is 31.5 Å². The molecule has 148 valence electrons. The summed E-state index contributed by atoms with van der Waals surface area (Å²) in [4.78, 5) is 11.4. The van der Waals surface area contributed by atoms with Crippen LogP contribution >= 0.6 is 0 Å². The Morgan fingerprint density at radius 3 is 2.43 bits per heavy atom. The van der Waals surface area contributed by atoms with Crippen LogP contribution in [0.1, 0.15) is 11.1 Å². The first-order valence-electron chi connectivity index (χ1n) is 7.97. The summed E-state index contributed by atoms with van der Waals surface area (Å²) in [6, 6.07) is 9.67. The lowest BCUT2D eigenvalue weighted by atomic mass is 10.1. The Hall–Kier alpha value is -2.85. The molecule has 0 amide bonds. The number of sulfonamides is 1. The van der Waals surface area contributed by atoms with Crippen LogP contribution in [-0.4, -0.2) is 18.1 Å². The molecule has 0 radical (unpaired) electrons. The fourth-order valence-electron chi connectivity index (χ4n) is 2.80. The van der Waals surface area contributed by atoms with Crippen LogP contribution in [-0.2, 0) is 29.9 Å². The van der Waals surface area contributed by atoms with Gasteiger partial charge in [0.1, 0.15) is 0 Å². The Kier molecular flexibility index (Phi) is 4.94. The molecule has 3 aromatic rings. The minimum Gasteiger partial charge on any atom is -0.392 e. The molecule has 28 heavy (non-hydrogen) atoms. The van der Waals surface area contributed by atoms with E-state index in [-0.39, 0.29) is 11.2 Å². The molecular formula is C18H15F3N2O4S. The van der Waals surface area contributed by atoms with Gasteiger partial charge in [0.25, 0.3) is 15.6 Å². The summed E-state index contributed by atoms with van der Waals surface area (Å²) in [5.74, 6) is 0. The Balaban J connectivity index is 2.18. The smallest absolute Gasteiger partial charge is 0.392 e. The third kappa shape index (κ3) is 3.60. The molecule has 0 aliphatic carbocycles. The highest BCUT2D eigenvalue weighted by atomic mass is 32.2. The fourth-order valence-corrected chi connectivity index (χ4v) is 3.93. The van der Waals surface area contributed by atoms with Crippen molar-refractivity contribution in [2.75, 3.05) is 4.72 Å². The standard InChI is InChI=1S/C18H15F3N2O4S/c1-23-16-7-6-12(8-13(16)14(9-17(23)25)18(19,20)21)28(26,27)22-15-5-3-2-4-11(15)10-24/h2-9,22,24H,10H2,1H3. The molecule has 0 aliphatic heterocycles. The van der Waals surface area contributed by atoms with Crippen molar-refractivity contribution in [1.82, 2.24) is 4.57 Å². The van der Waals surface area contributed by atoms with Crippen molar-refractivity contribution in [1.29, 1.82) is 0 Å². The van der Waals surface area contributed by atoms with Crippen molar-refractivity contribution in [3.8, 4) is 0 Å². The Morgan fingerprint density at radius 2 is 1.79 bits per heavy atom. The maximum atomic E-state index is 13.4. The molecule has 2 aromatic carbocycles. The van der Waals surface area contributed by atoms with Crippen LogP contribution in [0.5, 0.6) is 0 Å². The lowest BCUT2D eigenvalue weighted by molar-refractivity contribution is -0.136. The predicted molar refractivity (Wildman–Crippen MR) is 97.4 cm³/mol. The second-order valence-electron chi connectivity index (χ2n) is 6.05. The number of aliphatic hydroxyl groups is 1. The molecule has 0 spiro atoms. The van der Waals surface area contributed by atoms with E-state index in [2.05, 4.69) is 4.72 Å². The number of anilines is 1. The summed E-state index contributed by atoms with van der Waals surface area (Å²) in [6.45, 7) is -0.420. The average molecular weight is 412 g/mol. The lowest BCUT2D eigenvalue weighted by Gasteiger charge is -2.15. The number of nitrogens with one attached hydrogen (secondary N) is 1. The van der Waals surface area contributed by atoms with Gasteiger partial charge in [0.15, 0.2) is 0 Å². The van der Waals surface area contributed by atoms with Gasteiger partial charge < -0.3 is 9.67 Å². The van der Waals surface area contributed by atoms with Gasteiger partial charge >= 0.3 is 6.18 Å². The van der Waals surface area contributed by atoms with Crippen LogP contribution in [0.4, 0.5) is 18.9 Å². The molecule has 1 aromatic heterocycles. The molecule has 0 unspecified atom stereocenters. The van der Waals surface area contributed by atoms with Crippen molar-refractivity contribution >= 4 is 26.6 Å². The van der Waals surface area contributed by atoms with Gasteiger partial charge in [0.2, 0.25) is 0 Å². The number of rotatable bonds is 4. The van der Waals surface area contributed by atoms with Crippen molar-refractivity contribution in [3.05, 3.63) is 70.0 Å². The highest BCUT2D eigenvalue weighted by molar-refractivity contribution is 7.92. The maximum absolute atomic E-state index is 13.4. The third-order valence-corrected chi connectivity index (χ3v) is 5.63. The number of hydrogen-bond acceptors (Lipinski definition) is 4. The maximum Gasteiger partial charge on any atom is 0.417 e. The van der Waals surface area contributed by atoms with E-state index in [1.54, 1.807) is 12.1 Å². The van der Waals surface area contributed by atoms with Gasteiger partial charge in [-0.05, 0) is 24.3 Å². The molecule has 0 aliphatic rings. The number of nitrogens with zero attached hydrogens (tertiary/aromatic N) is 1. The topological polar surface area (TPSA) is 88.4 Å². The molecule has 3 rings (SSSR count). The van der Waals surface area contributed by atoms with Crippen LogP contribution in [0.25, 0.3) is 10.9 Å². The summed E-state index contributed by atoms with van der Waals surface area (Å²) >= 11 is 0. The zero-order chi connectivity index (χ0) is 20.7. The average Bonchev–Trinajstić information content (AvgIpc) is 2.63. The summed E-state index contributed by atoms with van der Waals surface area (Å²) in [6.07, 6.45) is -4.83. The van der Waals surface area contributed by atoms with E-state index >= 15 is 0 Å². The van der Waals surface area contributed by atoms with Crippen LogP contribution in [0.3, 0.4) is 0 Å². The molecular weight excluding hydrogens is 397 g/mol. The van der Waals surface area contributed by atoms with Gasteiger partial charge in [-0.15, -0.1) is 0 Å². The Bertz CT molecular complexity index is 1220. The number of aromatic nitrogens is 1. The highest BCUT2D eigenvalue weighted by Crippen LogP contribution is 2.34. The van der Waals surface area contributed by atoms with E-state index in [4.69, 9.17) is 0 Å². The van der Waals surface area contributed by atoms with Crippen molar-refractivity contribution in [2.24, 2.45) is 7.05 Å². The third-order valence-electron chi connectivity index (χ3n) is 4.27.